The summed E-state index contributed by atoms with van der Waals surface area (Å²) in [6, 6.07) is 7.25. The first-order valence-corrected chi connectivity index (χ1v) is 7.83. The standard InChI is InChI=1S/C16H22ClNO2/c17-13-2-1-3-15(8-13)20-10-14(19)9-18-11-16(6-7-16)12-4-5-12/h1-3,8,12,14,18-19H,4-7,9-11H2. The highest BCUT2D eigenvalue weighted by molar-refractivity contribution is 6.30. The minimum Gasteiger partial charge on any atom is -0.491 e. The lowest BCUT2D eigenvalue weighted by Crippen LogP contribution is -2.35. The van der Waals surface area contributed by atoms with Gasteiger partial charge in [-0.05, 0) is 55.2 Å². The van der Waals surface area contributed by atoms with E-state index in [-0.39, 0.29) is 0 Å². The summed E-state index contributed by atoms with van der Waals surface area (Å²) in [5.41, 5.74) is 0.577. The number of aliphatic hydroxyl groups is 1. The Morgan fingerprint density at radius 1 is 1.40 bits per heavy atom. The van der Waals surface area contributed by atoms with Crippen molar-refractivity contribution in [1.82, 2.24) is 5.32 Å². The third kappa shape index (κ3) is 3.66. The smallest absolute Gasteiger partial charge is 0.120 e. The van der Waals surface area contributed by atoms with Gasteiger partial charge in [0.05, 0.1) is 0 Å². The van der Waals surface area contributed by atoms with Crippen molar-refractivity contribution >= 4 is 11.6 Å². The van der Waals surface area contributed by atoms with Crippen molar-refractivity contribution in [1.29, 1.82) is 0 Å². The largest absolute Gasteiger partial charge is 0.491 e. The number of benzene rings is 1. The summed E-state index contributed by atoms with van der Waals surface area (Å²) in [6.45, 7) is 1.94. The third-order valence-electron chi connectivity index (χ3n) is 4.43. The van der Waals surface area contributed by atoms with Gasteiger partial charge in [0, 0.05) is 18.1 Å². The Bertz CT molecular complexity index is 458. The highest BCUT2D eigenvalue weighted by atomic mass is 35.5. The summed E-state index contributed by atoms with van der Waals surface area (Å²) < 4.78 is 5.53. The number of aliphatic hydroxyl groups excluding tert-OH is 1. The molecule has 0 heterocycles. The fourth-order valence-corrected chi connectivity index (χ4v) is 3.06. The van der Waals surface area contributed by atoms with Gasteiger partial charge in [-0.1, -0.05) is 17.7 Å². The van der Waals surface area contributed by atoms with E-state index in [0.717, 1.165) is 12.5 Å². The van der Waals surface area contributed by atoms with E-state index in [4.69, 9.17) is 16.3 Å². The van der Waals surface area contributed by atoms with Crippen LogP contribution in [0.1, 0.15) is 25.7 Å². The second-order valence-electron chi connectivity index (χ2n) is 6.19. The number of halogens is 1. The highest BCUT2D eigenvalue weighted by Gasteiger charge is 2.53. The van der Waals surface area contributed by atoms with E-state index in [2.05, 4.69) is 5.32 Å². The number of hydrogen-bond donors (Lipinski definition) is 2. The molecule has 2 aliphatic carbocycles. The zero-order valence-electron chi connectivity index (χ0n) is 11.6. The molecule has 0 spiro atoms. The highest BCUT2D eigenvalue weighted by Crippen LogP contribution is 2.60. The van der Waals surface area contributed by atoms with Crippen LogP contribution >= 0.6 is 11.6 Å². The Hall–Kier alpha value is -0.770. The molecule has 0 aromatic heterocycles. The summed E-state index contributed by atoms with van der Waals surface area (Å²) in [5.74, 6) is 1.66. The first-order valence-electron chi connectivity index (χ1n) is 7.45. The van der Waals surface area contributed by atoms with Crippen LogP contribution in [0.3, 0.4) is 0 Å². The van der Waals surface area contributed by atoms with E-state index in [0.29, 0.717) is 29.3 Å². The fourth-order valence-electron chi connectivity index (χ4n) is 2.88. The maximum Gasteiger partial charge on any atom is 0.120 e. The van der Waals surface area contributed by atoms with Crippen LogP contribution in [0.15, 0.2) is 24.3 Å². The Kier molecular flexibility index (Phi) is 4.20. The molecular weight excluding hydrogens is 274 g/mol. The summed E-state index contributed by atoms with van der Waals surface area (Å²) >= 11 is 5.88. The molecule has 2 N–H and O–H groups in total. The Balaban J connectivity index is 1.34. The molecule has 2 aliphatic rings. The molecule has 0 saturated heterocycles. The van der Waals surface area contributed by atoms with E-state index in [1.807, 2.05) is 12.1 Å². The van der Waals surface area contributed by atoms with Crippen LogP contribution in [-0.2, 0) is 0 Å². The lowest BCUT2D eigenvalue weighted by molar-refractivity contribution is 0.104. The van der Waals surface area contributed by atoms with Gasteiger partial charge in [-0.25, -0.2) is 0 Å². The Labute approximate surface area is 125 Å². The molecule has 0 aliphatic heterocycles. The summed E-state index contributed by atoms with van der Waals surface area (Å²) in [4.78, 5) is 0. The maximum absolute atomic E-state index is 9.93. The second kappa shape index (κ2) is 5.92. The SMILES string of the molecule is OC(CNCC1(C2CC2)CC1)COc1cccc(Cl)c1. The van der Waals surface area contributed by atoms with Gasteiger partial charge in [0.15, 0.2) is 0 Å². The monoisotopic (exact) mass is 295 g/mol. The molecule has 1 aromatic rings. The quantitative estimate of drug-likeness (QED) is 0.775. The van der Waals surface area contributed by atoms with Crippen LogP contribution in [0.2, 0.25) is 5.02 Å². The van der Waals surface area contributed by atoms with Gasteiger partial charge in [0.2, 0.25) is 0 Å². The van der Waals surface area contributed by atoms with Crippen molar-refractivity contribution in [3.63, 3.8) is 0 Å². The lowest BCUT2D eigenvalue weighted by atomic mass is 10.0. The van der Waals surface area contributed by atoms with Crippen molar-refractivity contribution in [2.45, 2.75) is 31.8 Å². The molecule has 110 valence electrons. The van der Waals surface area contributed by atoms with E-state index >= 15 is 0 Å². The average Bonchev–Trinajstić information content (AvgIpc) is 3.28. The van der Waals surface area contributed by atoms with Gasteiger partial charge in [-0.3, -0.25) is 0 Å². The van der Waals surface area contributed by atoms with Crippen molar-refractivity contribution in [3.8, 4) is 5.75 Å². The molecule has 20 heavy (non-hydrogen) atoms. The van der Waals surface area contributed by atoms with Gasteiger partial charge in [-0.15, -0.1) is 0 Å². The normalized spacial score (nSPS) is 21.5. The van der Waals surface area contributed by atoms with Crippen molar-refractivity contribution in [2.75, 3.05) is 19.7 Å². The molecule has 1 unspecified atom stereocenters. The van der Waals surface area contributed by atoms with E-state index in [1.54, 1.807) is 12.1 Å². The fraction of sp³-hybridized carbons (Fsp3) is 0.625. The van der Waals surface area contributed by atoms with Crippen LogP contribution in [0, 0.1) is 11.3 Å². The molecule has 3 nitrogen and oxygen atoms in total. The topological polar surface area (TPSA) is 41.5 Å². The molecule has 0 amide bonds. The minimum atomic E-state index is -0.482. The summed E-state index contributed by atoms with van der Waals surface area (Å²) in [6.07, 6.45) is 5.05. The molecule has 1 atom stereocenters. The molecule has 0 radical (unpaired) electrons. The van der Waals surface area contributed by atoms with Crippen LogP contribution in [0.25, 0.3) is 0 Å². The predicted molar refractivity (Wildman–Crippen MR) is 80.2 cm³/mol. The molecule has 4 heteroatoms. The summed E-state index contributed by atoms with van der Waals surface area (Å²) in [5, 5.41) is 14.0. The molecule has 2 fully saturated rings. The zero-order chi connectivity index (χ0) is 14.0. The molecule has 0 bridgehead atoms. The molecule has 1 aromatic carbocycles. The van der Waals surface area contributed by atoms with Crippen LogP contribution in [-0.4, -0.2) is 30.9 Å². The van der Waals surface area contributed by atoms with Gasteiger partial charge in [0.25, 0.3) is 0 Å². The Morgan fingerprint density at radius 3 is 2.85 bits per heavy atom. The molecular formula is C16H22ClNO2. The number of hydrogen-bond acceptors (Lipinski definition) is 3. The first kappa shape index (κ1) is 14.2. The Morgan fingerprint density at radius 2 is 2.20 bits per heavy atom. The molecule has 3 rings (SSSR count). The number of nitrogens with one attached hydrogen (secondary N) is 1. The van der Waals surface area contributed by atoms with Gasteiger partial charge < -0.3 is 15.2 Å². The average molecular weight is 296 g/mol. The van der Waals surface area contributed by atoms with E-state index < -0.39 is 6.10 Å². The number of rotatable bonds is 8. The zero-order valence-corrected chi connectivity index (χ0v) is 12.4. The summed E-state index contributed by atoms with van der Waals surface area (Å²) in [7, 11) is 0. The van der Waals surface area contributed by atoms with E-state index in [9.17, 15) is 5.11 Å². The first-order chi connectivity index (χ1) is 9.68. The molecule has 2 saturated carbocycles. The van der Waals surface area contributed by atoms with Crippen LogP contribution in [0.4, 0.5) is 0 Å². The van der Waals surface area contributed by atoms with Crippen molar-refractivity contribution in [3.05, 3.63) is 29.3 Å². The minimum absolute atomic E-state index is 0.295. The number of ether oxygens (including phenoxy) is 1. The van der Waals surface area contributed by atoms with Gasteiger partial charge in [-0.2, -0.15) is 0 Å². The van der Waals surface area contributed by atoms with E-state index in [1.165, 1.54) is 25.7 Å². The van der Waals surface area contributed by atoms with Crippen molar-refractivity contribution in [2.24, 2.45) is 11.3 Å². The van der Waals surface area contributed by atoms with Crippen molar-refractivity contribution < 1.29 is 9.84 Å². The van der Waals surface area contributed by atoms with Gasteiger partial charge in [0.1, 0.15) is 18.5 Å². The third-order valence-corrected chi connectivity index (χ3v) is 4.67. The van der Waals surface area contributed by atoms with Crippen LogP contribution < -0.4 is 10.1 Å². The maximum atomic E-state index is 9.93. The predicted octanol–water partition coefficient (Wildman–Crippen LogP) is 2.86. The lowest BCUT2D eigenvalue weighted by Gasteiger charge is -2.17. The second-order valence-corrected chi connectivity index (χ2v) is 6.63. The van der Waals surface area contributed by atoms with Gasteiger partial charge >= 0.3 is 0 Å². The van der Waals surface area contributed by atoms with Crippen LogP contribution in [0.5, 0.6) is 5.75 Å².